The molecule has 3 nitrogen and oxygen atoms in total. The van der Waals surface area contributed by atoms with Crippen molar-refractivity contribution in [3.63, 3.8) is 0 Å². The molecule has 0 spiro atoms. The van der Waals surface area contributed by atoms with E-state index in [2.05, 4.69) is 9.97 Å². The van der Waals surface area contributed by atoms with Crippen LogP contribution in [0.1, 0.15) is 22.8 Å². The van der Waals surface area contributed by atoms with Gasteiger partial charge in [-0.05, 0) is 30.2 Å². The molecule has 1 atom stereocenters. The topological polar surface area (TPSA) is 46.0 Å². The van der Waals surface area contributed by atoms with Gasteiger partial charge in [0.2, 0.25) is 0 Å². The van der Waals surface area contributed by atoms with E-state index in [1.807, 2.05) is 43.3 Å². The monoisotopic (exact) mass is 250 g/mol. The molecular formula is C16H14N2O. The Kier molecular flexibility index (Phi) is 2.97. The molecule has 0 aliphatic carbocycles. The minimum Gasteiger partial charge on any atom is -0.384 e. The second-order valence-corrected chi connectivity index (χ2v) is 4.62. The summed E-state index contributed by atoms with van der Waals surface area (Å²) >= 11 is 0. The van der Waals surface area contributed by atoms with Gasteiger partial charge >= 0.3 is 0 Å². The fourth-order valence-electron chi connectivity index (χ4n) is 2.26. The molecule has 3 aromatic rings. The van der Waals surface area contributed by atoms with Crippen molar-refractivity contribution >= 4 is 10.9 Å². The van der Waals surface area contributed by atoms with Gasteiger partial charge < -0.3 is 5.11 Å². The van der Waals surface area contributed by atoms with E-state index in [0.717, 1.165) is 27.6 Å². The fraction of sp³-hybridized carbons (Fsp3) is 0.125. The van der Waals surface area contributed by atoms with Gasteiger partial charge in [0.25, 0.3) is 0 Å². The molecule has 0 radical (unpaired) electrons. The number of aliphatic hydroxyl groups is 1. The van der Waals surface area contributed by atoms with Crippen LogP contribution in [-0.2, 0) is 0 Å². The van der Waals surface area contributed by atoms with Crippen LogP contribution >= 0.6 is 0 Å². The lowest BCUT2D eigenvalue weighted by Crippen LogP contribution is -2.02. The Hall–Kier alpha value is -2.26. The van der Waals surface area contributed by atoms with Gasteiger partial charge in [-0.15, -0.1) is 0 Å². The van der Waals surface area contributed by atoms with Crippen molar-refractivity contribution < 1.29 is 5.11 Å². The van der Waals surface area contributed by atoms with Gasteiger partial charge in [-0.25, -0.2) is 0 Å². The van der Waals surface area contributed by atoms with Crippen molar-refractivity contribution in [1.29, 1.82) is 0 Å². The third-order valence-electron chi connectivity index (χ3n) is 3.19. The number of hydrogen-bond acceptors (Lipinski definition) is 3. The van der Waals surface area contributed by atoms with Gasteiger partial charge in [-0.3, -0.25) is 9.97 Å². The van der Waals surface area contributed by atoms with Crippen molar-refractivity contribution in [2.24, 2.45) is 0 Å². The van der Waals surface area contributed by atoms with E-state index in [-0.39, 0.29) is 0 Å². The minimum atomic E-state index is -0.680. The maximum Gasteiger partial charge on any atom is 0.106 e. The number of rotatable bonds is 2. The number of aliphatic hydroxyl groups excluding tert-OH is 1. The van der Waals surface area contributed by atoms with Crippen molar-refractivity contribution in [3.8, 4) is 0 Å². The number of aryl methyl sites for hydroxylation is 1. The summed E-state index contributed by atoms with van der Waals surface area (Å²) in [5, 5.41) is 11.5. The van der Waals surface area contributed by atoms with Crippen LogP contribution < -0.4 is 0 Å². The van der Waals surface area contributed by atoms with Gasteiger partial charge in [0.05, 0.1) is 5.52 Å². The number of nitrogens with zero attached hydrogens (tertiary/aromatic N) is 2. The van der Waals surface area contributed by atoms with E-state index in [4.69, 9.17) is 0 Å². The van der Waals surface area contributed by atoms with E-state index >= 15 is 0 Å². The summed E-state index contributed by atoms with van der Waals surface area (Å²) in [7, 11) is 0. The predicted molar refractivity (Wildman–Crippen MR) is 74.8 cm³/mol. The number of para-hydroxylation sites is 1. The molecule has 2 aromatic heterocycles. The molecule has 1 aromatic carbocycles. The van der Waals surface area contributed by atoms with Crippen LogP contribution in [0, 0.1) is 6.92 Å². The zero-order chi connectivity index (χ0) is 13.2. The van der Waals surface area contributed by atoms with Crippen molar-refractivity contribution in [3.05, 3.63) is 71.7 Å². The molecule has 0 saturated carbocycles. The van der Waals surface area contributed by atoms with E-state index in [1.165, 1.54) is 0 Å². The molecule has 0 fully saturated rings. The number of aromatic nitrogens is 2. The molecular weight excluding hydrogens is 236 g/mol. The minimum absolute atomic E-state index is 0.680. The SMILES string of the molecule is Cc1cncc(C(O)c2ccnc3ccccc23)c1. The van der Waals surface area contributed by atoms with Crippen LogP contribution in [0.3, 0.4) is 0 Å². The van der Waals surface area contributed by atoms with Gasteiger partial charge in [-0.1, -0.05) is 24.3 Å². The zero-order valence-corrected chi connectivity index (χ0v) is 10.6. The summed E-state index contributed by atoms with van der Waals surface area (Å²) in [6.07, 6.45) is 4.53. The smallest absolute Gasteiger partial charge is 0.106 e. The Bertz CT molecular complexity index is 719. The van der Waals surface area contributed by atoms with Crippen LogP contribution in [0.2, 0.25) is 0 Å². The Morgan fingerprint density at radius 3 is 2.79 bits per heavy atom. The zero-order valence-electron chi connectivity index (χ0n) is 10.6. The quantitative estimate of drug-likeness (QED) is 0.760. The van der Waals surface area contributed by atoms with Crippen LogP contribution in [0.4, 0.5) is 0 Å². The van der Waals surface area contributed by atoms with E-state index in [9.17, 15) is 5.11 Å². The Morgan fingerprint density at radius 1 is 1.11 bits per heavy atom. The number of benzene rings is 1. The highest BCUT2D eigenvalue weighted by molar-refractivity contribution is 5.82. The Labute approximate surface area is 111 Å². The Balaban J connectivity index is 2.14. The molecule has 0 bridgehead atoms. The van der Waals surface area contributed by atoms with Crippen LogP contribution in [-0.4, -0.2) is 15.1 Å². The number of fused-ring (bicyclic) bond motifs is 1. The van der Waals surface area contributed by atoms with Crippen molar-refractivity contribution in [2.45, 2.75) is 13.0 Å². The largest absolute Gasteiger partial charge is 0.384 e. The summed E-state index contributed by atoms with van der Waals surface area (Å²) in [6, 6.07) is 11.6. The molecule has 3 heteroatoms. The van der Waals surface area contributed by atoms with E-state index in [1.54, 1.807) is 18.6 Å². The second-order valence-electron chi connectivity index (χ2n) is 4.62. The molecule has 1 unspecified atom stereocenters. The molecule has 3 rings (SSSR count). The lowest BCUT2D eigenvalue weighted by atomic mass is 9.99. The first-order chi connectivity index (χ1) is 9.25. The lowest BCUT2D eigenvalue weighted by Gasteiger charge is -2.13. The third-order valence-corrected chi connectivity index (χ3v) is 3.19. The molecule has 0 saturated heterocycles. The summed E-state index contributed by atoms with van der Waals surface area (Å²) in [4.78, 5) is 8.44. The second kappa shape index (κ2) is 4.78. The molecule has 94 valence electrons. The van der Waals surface area contributed by atoms with Crippen LogP contribution in [0.25, 0.3) is 10.9 Å². The molecule has 0 amide bonds. The first kappa shape index (κ1) is 11.8. The average molecular weight is 250 g/mol. The molecule has 2 heterocycles. The molecule has 0 aliphatic heterocycles. The van der Waals surface area contributed by atoms with Crippen LogP contribution in [0.5, 0.6) is 0 Å². The maximum atomic E-state index is 10.5. The third kappa shape index (κ3) is 2.20. The maximum absolute atomic E-state index is 10.5. The highest BCUT2D eigenvalue weighted by Crippen LogP contribution is 2.27. The normalized spacial score (nSPS) is 12.5. The van der Waals surface area contributed by atoms with Crippen molar-refractivity contribution in [1.82, 2.24) is 9.97 Å². The van der Waals surface area contributed by atoms with Crippen LogP contribution in [0.15, 0.2) is 55.0 Å². The van der Waals surface area contributed by atoms with Gasteiger partial charge in [0.1, 0.15) is 6.10 Å². The highest BCUT2D eigenvalue weighted by Gasteiger charge is 2.14. The summed E-state index contributed by atoms with van der Waals surface area (Å²) < 4.78 is 0. The summed E-state index contributed by atoms with van der Waals surface area (Å²) in [5.74, 6) is 0. The summed E-state index contributed by atoms with van der Waals surface area (Å²) in [6.45, 7) is 1.97. The molecule has 1 N–H and O–H groups in total. The fourth-order valence-corrected chi connectivity index (χ4v) is 2.26. The van der Waals surface area contributed by atoms with Gasteiger partial charge in [0, 0.05) is 29.5 Å². The number of pyridine rings is 2. The number of hydrogen-bond donors (Lipinski definition) is 1. The van der Waals surface area contributed by atoms with E-state index in [0.29, 0.717) is 0 Å². The summed E-state index contributed by atoms with van der Waals surface area (Å²) in [5.41, 5.74) is 3.59. The standard InChI is InChI=1S/C16H14N2O/c1-11-8-12(10-17-9-11)16(19)14-6-7-18-15-5-3-2-4-13(14)15/h2-10,16,19H,1H3. The first-order valence-corrected chi connectivity index (χ1v) is 6.19. The lowest BCUT2D eigenvalue weighted by molar-refractivity contribution is 0.221. The first-order valence-electron chi connectivity index (χ1n) is 6.19. The van der Waals surface area contributed by atoms with E-state index < -0.39 is 6.10 Å². The molecule has 0 aliphatic rings. The van der Waals surface area contributed by atoms with Crippen molar-refractivity contribution in [2.75, 3.05) is 0 Å². The van der Waals surface area contributed by atoms with Gasteiger partial charge in [-0.2, -0.15) is 0 Å². The highest BCUT2D eigenvalue weighted by atomic mass is 16.3. The predicted octanol–water partition coefficient (Wildman–Crippen LogP) is 3.02. The average Bonchev–Trinajstić information content (AvgIpc) is 2.46. The molecule has 19 heavy (non-hydrogen) atoms. The Morgan fingerprint density at radius 2 is 1.95 bits per heavy atom. The van der Waals surface area contributed by atoms with Gasteiger partial charge in [0.15, 0.2) is 0 Å².